The summed E-state index contributed by atoms with van der Waals surface area (Å²) in [7, 11) is 0. The quantitative estimate of drug-likeness (QED) is 0.701. The molecule has 2 atom stereocenters. The first-order valence-electron chi connectivity index (χ1n) is 9.12. The monoisotopic (exact) mass is 333 g/mol. The maximum absolute atomic E-state index is 12.5. The van der Waals surface area contributed by atoms with E-state index in [9.17, 15) is 9.90 Å². The Kier molecular flexibility index (Phi) is 4.32. The fraction of sp³-hybridized carbons (Fsp3) is 0.765. The van der Waals surface area contributed by atoms with E-state index in [-0.39, 0.29) is 5.91 Å². The van der Waals surface area contributed by atoms with Gasteiger partial charge in [-0.25, -0.2) is 0 Å². The lowest BCUT2D eigenvalue weighted by Gasteiger charge is -2.46. The van der Waals surface area contributed by atoms with Crippen LogP contribution in [0.5, 0.6) is 0 Å². The number of likely N-dealkylation sites (tertiary alicyclic amines) is 1. The lowest BCUT2D eigenvalue weighted by molar-refractivity contribution is -0.149. The second kappa shape index (κ2) is 6.46. The van der Waals surface area contributed by atoms with Crippen LogP contribution in [-0.2, 0) is 24.4 Å². The number of aliphatic hydroxyl groups excluding tert-OH is 1. The average molecular weight is 333 g/mol. The first kappa shape index (κ1) is 16.1. The van der Waals surface area contributed by atoms with E-state index in [2.05, 4.69) is 26.3 Å². The number of nitrogens with one attached hydrogen (secondary N) is 2. The van der Waals surface area contributed by atoms with Crippen LogP contribution in [0.3, 0.4) is 0 Å². The molecule has 2 fully saturated rings. The lowest BCUT2D eigenvalue weighted by Crippen LogP contribution is -2.61. The van der Waals surface area contributed by atoms with E-state index in [1.807, 2.05) is 0 Å². The second-order valence-electron chi connectivity index (χ2n) is 7.41. The molecule has 0 unspecified atom stereocenters. The maximum Gasteiger partial charge on any atom is 0.230 e. The van der Waals surface area contributed by atoms with Crippen LogP contribution in [0.15, 0.2) is 6.07 Å². The van der Waals surface area contributed by atoms with E-state index in [0.717, 1.165) is 64.2 Å². The molecule has 3 N–H and O–H groups in total. The smallest absolute Gasteiger partial charge is 0.230 e. The predicted molar refractivity (Wildman–Crippen MR) is 89.1 cm³/mol. The summed E-state index contributed by atoms with van der Waals surface area (Å²) in [5, 5.41) is 21.6. The molecule has 0 radical (unpaired) electrons. The van der Waals surface area contributed by atoms with E-state index < -0.39 is 11.5 Å². The van der Waals surface area contributed by atoms with Crippen molar-refractivity contribution < 1.29 is 9.90 Å². The predicted octanol–water partition coefficient (Wildman–Crippen LogP) is -0.161. The number of carbonyl (C=O) groups excluding carboxylic acids is 1. The van der Waals surface area contributed by atoms with Crippen LogP contribution >= 0.6 is 0 Å². The molecule has 3 aliphatic heterocycles. The highest BCUT2D eigenvalue weighted by Crippen LogP contribution is 2.37. The minimum atomic E-state index is -0.630. The number of aliphatic hydroxyl groups is 1. The Morgan fingerprint density at radius 2 is 2.25 bits per heavy atom. The molecule has 0 saturated carbocycles. The van der Waals surface area contributed by atoms with Gasteiger partial charge in [0.25, 0.3) is 0 Å². The van der Waals surface area contributed by atoms with Gasteiger partial charge in [0.2, 0.25) is 5.91 Å². The zero-order valence-electron chi connectivity index (χ0n) is 14.1. The van der Waals surface area contributed by atoms with Crippen molar-refractivity contribution >= 4 is 5.91 Å². The number of amides is 1. The lowest BCUT2D eigenvalue weighted by atomic mass is 9.71. The van der Waals surface area contributed by atoms with Crippen LogP contribution in [0.25, 0.3) is 0 Å². The maximum atomic E-state index is 12.5. The number of aryl methyl sites for hydroxylation is 1. The fourth-order valence-corrected chi connectivity index (χ4v) is 4.39. The number of carbonyl (C=O) groups is 1. The number of nitrogens with zero attached hydrogens (tertiary/aromatic N) is 3. The topological polar surface area (TPSA) is 82.4 Å². The normalized spacial score (nSPS) is 31.5. The first-order valence-corrected chi connectivity index (χ1v) is 9.12. The number of rotatable bonds is 2. The van der Waals surface area contributed by atoms with E-state index in [4.69, 9.17) is 5.10 Å². The van der Waals surface area contributed by atoms with Gasteiger partial charge in [-0.1, -0.05) is 0 Å². The van der Waals surface area contributed by atoms with Crippen molar-refractivity contribution in [1.82, 2.24) is 25.3 Å². The summed E-state index contributed by atoms with van der Waals surface area (Å²) < 4.78 is 2.11. The third-order valence-corrected chi connectivity index (χ3v) is 5.73. The molecule has 132 valence electrons. The number of fused-ring (bicyclic) bond motifs is 1. The summed E-state index contributed by atoms with van der Waals surface area (Å²) in [6, 6.07) is 2.18. The summed E-state index contributed by atoms with van der Waals surface area (Å²) >= 11 is 0. The molecule has 1 aromatic rings. The van der Waals surface area contributed by atoms with Gasteiger partial charge in [0.15, 0.2) is 0 Å². The first-order chi connectivity index (χ1) is 11.7. The fourth-order valence-electron chi connectivity index (χ4n) is 4.39. The number of hydrogen-bond acceptors (Lipinski definition) is 5. The summed E-state index contributed by atoms with van der Waals surface area (Å²) in [6.07, 6.45) is 2.95. The van der Waals surface area contributed by atoms with E-state index in [1.54, 1.807) is 0 Å². The molecule has 0 aliphatic carbocycles. The third kappa shape index (κ3) is 2.85. The largest absolute Gasteiger partial charge is 0.392 e. The van der Waals surface area contributed by atoms with Crippen LogP contribution in [0.1, 0.15) is 37.1 Å². The van der Waals surface area contributed by atoms with Crippen LogP contribution in [0.4, 0.5) is 0 Å². The summed E-state index contributed by atoms with van der Waals surface area (Å²) in [5.41, 5.74) is 1.68. The Labute approximate surface area is 142 Å². The minimum absolute atomic E-state index is 0.0239. The van der Waals surface area contributed by atoms with Crippen LogP contribution in [0.2, 0.25) is 0 Å². The molecule has 1 spiro atoms. The van der Waals surface area contributed by atoms with E-state index >= 15 is 0 Å². The van der Waals surface area contributed by atoms with Crippen molar-refractivity contribution in [1.29, 1.82) is 0 Å². The van der Waals surface area contributed by atoms with Gasteiger partial charge < -0.3 is 15.7 Å². The number of piperidine rings is 2. The molecule has 2 saturated heterocycles. The summed E-state index contributed by atoms with van der Waals surface area (Å²) in [6.45, 7) is 5.80. The van der Waals surface area contributed by atoms with E-state index in [1.165, 1.54) is 5.69 Å². The highest BCUT2D eigenvalue weighted by Gasteiger charge is 2.49. The molecular weight excluding hydrogens is 306 g/mol. The molecule has 1 amide bonds. The van der Waals surface area contributed by atoms with E-state index in [0.29, 0.717) is 13.0 Å². The van der Waals surface area contributed by atoms with Gasteiger partial charge in [-0.15, -0.1) is 0 Å². The zero-order chi connectivity index (χ0) is 16.6. The van der Waals surface area contributed by atoms with Gasteiger partial charge in [0.1, 0.15) is 0 Å². The van der Waals surface area contributed by atoms with Crippen LogP contribution in [0, 0.1) is 5.41 Å². The van der Waals surface area contributed by atoms with Crippen molar-refractivity contribution in [2.45, 2.75) is 51.4 Å². The third-order valence-electron chi connectivity index (χ3n) is 5.73. The molecule has 4 heterocycles. The zero-order valence-corrected chi connectivity index (χ0v) is 14.1. The Bertz CT molecular complexity index is 593. The summed E-state index contributed by atoms with van der Waals surface area (Å²) in [5.74, 6) is 0.0239. The molecule has 1 aromatic heterocycles. The van der Waals surface area contributed by atoms with Crippen molar-refractivity contribution in [2.24, 2.45) is 5.41 Å². The highest BCUT2D eigenvalue weighted by atomic mass is 16.3. The minimum Gasteiger partial charge on any atom is -0.392 e. The molecule has 0 bridgehead atoms. The second-order valence-corrected chi connectivity index (χ2v) is 7.41. The van der Waals surface area contributed by atoms with Gasteiger partial charge in [-0.3, -0.25) is 14.4 Å². The molecule has 7 heteroatoms. The Balaban J connectivity index is 1.48. The highest BCUT2D eigenvalue weighted by molar-refractivity contribution is 5.84. The van der Waals surface area contributed by atoms with Gasteiger partial charge in [-0.05, 0) is 38.3 Å². The molecule has 7 nitrogen and oxygen atoms in total. The Hall–Kier alpha value is -1.44. The molecule has 4 rings (SSSR count). The molecule has 0 aromatic carbocycles. The van der Waals surface area contributed by atoms with Crippen molar-refractivity contribution in [3.63, 3.8) is 0 Å². The average Bonchev–Trinajstić information content (AvgIpc) is 2.82. The number of hydrogen-bond donors (Lipinski definition) is 3. The Morgan fingerprint density at radius 1 is 1.33 bits per heavy atom. The van der Waals surface area contributed by atoms with Crippen molar-refractivity contribution in [2.75, 3.05) is 26.2 Å². The van der Waals surface area contributed by atoms with Crippen LogP contribution in [-0.4, -0.2) is 58.0 Å². The van der Waals surface area contributed by atoms with Gasteiger partial charge in [0.05, 0.1) is 22.9 Å². The van der Waals surface area contributed by atoms with Crippen molar-refractivity contribution in [3.8, 4) is 0 Å². The van der Waals surface area contributed by atoms with Gasteiger partial charge in [-0.2, -0.15) is 5.10 Å². The number of aromatic nitrogens is 2. The van der Waals surface area contributed by atoms with Crippen molar-refractivity contribution in [3.05, 3.63) is 17.5 Å². The molecule has 3 aliphatic rings. The Morgan fingerprint density at radius 3 is 3.12 bits per heavy atom. The molecular formula is C17H27N5O2. The summed E-state index contributed by atoms with van der Waals surface area (Å²) in [4.78, 5) is 14.7. The molecule has 24 heavy (non-hydrogen) atoms. The van der Waals surface area contributed by atoms with Gasteiger partial charge >= 0.3 is 0 Å². The van der Waals surface area contributed by atoms with Crippen LogP contribution < -0.4 is 10.6 Å². The SMILES string of the molecule is O=C1NCCC[C@]12CN(Cc1cc3n(n1)CCCNC3)CC[C@@H]2O. The van der Waals surface area contributed by atoms with Gasteiger partial charge in [0, 0.05) is 39.3 Å². The standard InChI is InChI=1S/C17H27N5O2/c23-15-3-8-21(12-17(15)4-1-6-19-16(17)24)11-13-9-14-10-18-5-2-7-22(14)20-13/h9,15,18,23H,1-8,10-12H2,(H,19,24)/t15-,17+/m0/s1.